The van der Waals surface area contributed by atoms with E-state index in [4.69, 9.17) is 5.73 Å². The summed E-state index contributed by atoms with van der Waals surface area (Å²) in [6.45, 7) is 9.17. The highest BCUT2D eigenvalue weighted by molar-refractivity contribution is 5.95. The minimum absolute atomic E-state index is 0.0828. The van der Waals surface area contributed by atoms with Crippen molar-refractivity contribution < 1.29 is 9.90 Å². The fourth-order valence-electron chi connectivity index (χ4n) is 2.48. The molecule has 21 heavy (non-hydrogen) atoms. The molecule has 1 aliphatic heterocycles. The van der Waals surface area contributed by atoms with Crippen molar-refractivity contribution in [3.8, 4) is 0 Å². The molecule has 2 rings (SSSR count). The molecule has 0 spiro atoms. The van der Waals surface area contributed by atoms with E-state index in [1.54, 1.807) is 11.0 Å². The average Bonchev–Trinajstić information content (AvgIpc) is 2.39. The predicted octanol–water partition coefficient (Wildman–Crippen LogP) is 1.80. The third-order valence-electron chi connectivity index (χ3n) is 4.07. The van der Waals surface area contributed by atoms with Crippen LogP contribution in [-0.2, 0) is 5.41 Å². The number of nitrogens with two attached hydrogens (primary N) is 1. The monoisotopic (exact) mass is 291 g/mol. The van der Waals surface area contributed by atoms with E-state index < -0.39 is 6.10 Å². The summed E-state index contributed by atoms with van der Waals surface area (Å²) in [6, 6.07) is 3.42. The van der Waals surface area contributed by atoms with Gasteiger partial charge in [-0.05, 0) is 24.5 Å². The molecule has 2 heterocycles. The van der Waals surface area contributed by atoms with E-state index >= 15 is 0 Å². The number of hydrogen-bond acceptors (Lipinski definition) is 4. The summed E-state index contributed by atoms with van der Waals surface area (Å²) in [6.07, 6.45) is 0.364. The summed E-state index contributed by atoms with van der Waals surface area (Å²) >= 11 is 0. The van der Waals surface area contributed by atoms with Crippen molar-refractivity contribution in [2.24, 2.45) is 5.92 Å². The number of nitrogens with zero attached hydrogens (tertiary/aromatic N) is 2. The smallest absolute Gasteiger partial charge is 0.254 e. The lowest BCUT2D eigenvalue weighted by Crippen LogP contribution is -2.45. The molecule has 0 radical (unpaired) electrons. The number of likely N-dealkylation sites (tertiary alicyclic amines) is 1. The molecule has 1 aliphatic rings. The second kappa shape index (κ2) is 5.64. The molecule has 0 aromatic carbocycles. The first kappa shape index (κ1) is 15.8. The number of carbonyl (C=O) groups excluding carboxylic acids is 1. The van der Waals surface area contributed by atoms with Crippen LogP contribution in [0.25, 0.3) is 0 Å². The summed E-state index contributed by atoms with van der Waals surface area (Å²) in [7, 11) is 0. The average molecular weight is 291 g/mol. The maximum Gasteiger partial charge on any atom is 0.254 e. The maximum atomic E-state index is 12.6. The quantitative estimate of drug-likeness (QED) is 0.827. The molecule has 1 amide bonds. The molecule has 2 atom stereocenters. The fraction of sp³-hybridized carbons (Fsp3) is 0.625. The molecule has 116 valence electrons. The molecule has 0 bridgehead atoms. The zero-order valence-corrected chi connectivity index (χ0v) is 13.3. The van der Waals surface area contributed by atoms with Crippen LogP contribution in [0.4, 0.5) is 5.82 Å². The Morgan fingerprint density at radius 1 is 1.43 bits per heavy atom. The molecule has 5 heteroatoms. The molecule has 0 aliphatic carbocycles. The van der Waals surface area contributed by atoms with E-state index in [1.807, 2.05) is 33.8 Å². The van der Waals surface area contributed by atoms with Gasteiger partial charge >= 0.3 is 0 Å². The molecule has 1 saturated heterocycles. The second-order valence-electron chi connectivity index (χ2n) is 7.00. The molecule has 2 unspecified atom stereocenters. The highest BCUT2D eigenvalue weighted by atomic mass is 16.3. The van der Waals surface area contributed by atoms with Gasteiger partial charge in [-0.3, -0.25) is 4.79 Å². The lowest BCUT2D eigenvalue weighted by atomic mass is 9.90. The van der Waals surface area contributed by atoms with Gasteiger partial charge in [-0.2, -0.15) is 0 Å². The second-order valence-corrected chi connectivity index (χ2v) is 7.00. The van der Waals surface area contributed by atoms with Crippen LogP contribution in [0.5, 0.6) is 0 Å². The Kier molecular flexibility index (Phi) is 4.23. The van der Waals surface area contributed by atoms with Gasteiger partial charge in [0.1, 0.15) is 5.82 Å². The summed E-state index contributed by atoms with van der Waals surface area (Å²) < 4.78 is 0. The van der Waals surface area contributed by atoms with Gasteiger partial charge in [0, 0.05) is 29.8 Å². The summed E-state index contributed by atoms with van der Waals surface area (Å²) in [5.41, 5.74) is 7.03. The van der Waals surface area contributed by atoms with Crippen LogP contribution < -0.4 is 5.73 Å². The van der Waals surface area contributed by atoms with Crippen molar-refractivity contribution in [2.75, 3.05) is 18.8 Å². The van der Waals surface area contributed by atoms with Gasteiger partial charge in [-0.1, -0.05) is 27.7 Å². The van der Waals surface area contributed by atoms with Crippen LogP contribution >= 0.6 is 0 Å². The van der Waals surface area contributed by atoms with Gasteiger partial charge in [0.05, 0.1) is 6.10 Å². The Morgan fingerprint density at radius 3 is 2.67 bits per heavy atom. The minimum atomic E-state index is -0.455. The van der Waals surface area contributed by atoms with E-state index in [0.717, 1.165) is 12.1 Å². The van der Waals surface area contributed by atoms with Gasteiger partial charge in [-0.25, -0.2) is 4.98 Å². The van der Waals surface area contributed by atoms with Crippen molar-refractivity contribution in [1.29, 1.82) is 0 Å². The van der Waals surface area contributed by atoms with E-state index in [0.29, 0.717) is 24.5 Å². The fourth-order valence-corrected chi connectivity index (χ4v) is 2.48. The first-order chi connectivity index (χ1) is 9.68. The summed E-state index contributed by atoms with van der Waals surface area (Å²) in [4.78, 5) is 18.6. The maximum absolute atomic E-state index is 12.6. The predicted molar refractivity (Wildman–Crippen MR) is 83.0 cm³/mol. The Morgan fingerprint density at radius 2 is 2.10 bits per heavy atom. The van der Waals surface area contributed by atoms with Crippen molar-refractivity contribution in [3.05, 3.63) is 23.4 Å². The first-order valence-corrected chi connectivity index (χ1v) is 7.44. The normalized spacial score (nSPS) is 23.2. The number of anilines is 1. The van der Waals surface area contributed by atoms with Crippen molar-refractivity contribution in [2.45, 2.75) is 45.6 Å². The van der Waals surface area contributed by atoms with E-state index in [9.17, 15) is 9.90 Å². The van der Waals surface area contributed by atoms with Crippen LogP contribution in [0.2, 0.25) is 0 Å². The zero-order valence-electron chi connectivity index (χ0n) is 13.3. The summed E-state index contributed by atoms with van der Waals surface area (Å²) in [5.74, 6) is 0.513. The number of aliphatic hydroxyl groups excluding tert-OH is 1. The highest BCUT2D eigenvalue weighted by Gasteiger charge is 2.28. The molecular weight excluding hydrogens is 266 g/mol. The lowest BCUT2D eigenvalue weighted by Gasteiger charge is -2.34. The van der Waals surface area contributed by atoms with Crippen molar-refractivity contribution in [1.82, 2.24) is 9.88 Å². The standard InChI is InChI=1S/C16H25N3O2/c1-10-5-6-19(9-12(10)20)15(21)11-7-13(16(2,3)4)18-14(17)8-11/h7-8,10,12,20H,5-6,9H2,1-4H3,(H2,17,18). The van der Waals surface area contributed by atoms with Crippen LogP contribution in [-0.4, -0.2) is 40.1 Å². The third kappa shape index (κ3) is 3.53. The van der Waals surface area contributed by atoms with E-state index in [2.05, 4.69) is 4.98 Å². The van der Waals surface area contributed by atoms with Crippen LogP contribution in [0, 0.1) is 5.92 Å². The van der Waals surface area contributed by atoms with Crippen LogP contribution in [0.3, 0.4) is 0 Å². The molecule has 5 nitrogen and oxygen atoms in total. The van der Waals surface area contributed by atoms with Gasteiger partial charge < -0.3 is 15.7 Å². The van der Waals surface area contributed by atoms with Crippen LogP contribution in [0.15, 0.2) is 12.1 Å². The number of aromatic nitrogens is 1. The lowest BCUT2D eigenvalue weighted by molar-refractivity contribution is 0.0248. The molecule has 0 saturated carbocycles. The minimum Gasteiger partial charge on any atom is -0.391 e. The van der Waals surface area contributed by atoms with E-state index in [-0.39, 0.29) is 17.2 Å². The Hall–Kier alpha value is -1.62. The number of piperidine rings is 1. The van der Waals surface area contributed by atoms with Crippen LogP contribution in [0.1, 0.15) is 50.2 Å². The largest absolute Gasteiger partial charge is 0.391 e. The number of rotatable bonds is 1. The highest BCUT2D eigenvalue weighted by Crippen LogP contribution is 2.24. The molecule has 1 fully saturated rings. The Balaban J connectivity index is 2.25. The zero-order chi connectivity index (χ0) is 15.8. The molecule has 1 aromatic heterocycles. The number of pyridine rings is 1. The number of hydrogen-bond donors (Lipinski definition) is 2. The van der Waals surface area contributed by atoms with Gasteiger partial charge in [0.25, 0.3) is 5.91 Å². The number of nitrogen functional groups attached to an aromatic ring is 1. The van der Waals surface area contributed by atoms with Crippen molar-refractivity contribution in [3.63, 3.8) is 0 Å². The number of amides is 1. The third-order valence-corrected chi connectivity index (χ3v) is 4.07. The Labute approximate surface area is 126 Å². The molecule has 1 aromatic rings. The van der Waals surface area contributed by atoms with Gasteiger partial charge in [0.15, 0.2) is 0 Å². The molecular formula is C16H25N3O2. The first-order valence-electron chi connectivity index (χ1n) is 7.44. The van der Waals surface area contributed by atoms with Gasteiger partial charge in [0.2, 0.25) is 0 Å². The van der Waals surface area contributed by atoms with Crippen molar-refractivity contribution >= 4 is 11.7 Å². The number of β-amino-alcohol motifs (C(OH)–C–C–N with tert-alkyl or cyclic N) is 1. The Bertz CT molecular complexity index is 537. The van der Waals surface area contributed by atoms with E-state index in [1.165, 1.54) is 0 Å². The SMILES string of the molecule is CC1CCN(C(=O)c2cc(N)nc(C(C)(C)C)c2)CC1O. The molecule has 3 N–H and O–H groups in total. The number of aliphatic hydroxyl groups is 1. The van der Waals surface area contributed by atoms with Gasteiger partial charge in [-0.15, -0.1) is 0 Å². The topological polar surface area (TPSA) is 79.5 Å². The summed E-state index contributed by atoms with van der Waals surface area (Å²) in [5, 5.41) is 9.95. The number of carbonyl (C=O) groups is 1.